The van der Waals surface area contributed by atoms with E-state index in [1.165, 1.54) is 0 Å². The minimum Gasteiger partial charge on any atom is -0.391 e. The molecule has 19 heavy (non-hydrogen) atoms. The van der Waals surface area contributed by atoms with Gasteiger partial charge in [-0.15, -0.1) is 0 Å². The summed E-state index contributed by atoms with van der Waals surface area (Å²) in [6.45, 7) is 1.54. The maximum absolute atomic E-state index is 9.68. The van der Waals surface area contributed by atoms with E-state index in [-0.39, 0.29) is 11.9 Å². The van der Waals surface area contributed by atoms with Gasteiger partial charge >= 0.3 is 0 Å². The van der Waals surface area contributed by atoms with Crippen LogP contribution >= 0.6 is 0 Å². The molecule has 98 valence electrons. The zero-order valence-electron chi connectivity index (χ0n) is 10.6. The number of fused-ring (bicyclic) bond motifs is 1. The van der Waals surface area contributed by atoms with Gasteiger partial charge < -0.3 is 15.7 Å². The number of anilines is 1. The van der Waals surface area contributed by atoms with Crippen molar-refractivity contribution >= 4 is 22.3 Å². The Kier molecular flexibility index (Phi) is 2.87. The van der Waals surface area contributed by atoms with Crippen molar-refractivity contribution in [3.05, 3.63) is 42.0 Å². The van der Waals surface area contributed by atoms with Crippen molar-refractivity contribution in [1.29, 1.82) is 5.41 Å². The second kappa shape index (κ2) is 4.55. The average molecular weight is 255 g/mol. The van der Waals surface area contributed by atoms with Crippen LogP contribution in [0.2, 0.25) is 0 Å². The average Bonchev–Trinajstić information content (AvgIpc) is 2.83. The highest BCUT2D eigenvalue weighted by Gasteiger charge is 2.22. The van der Waals surface area contributed by atoms with Crippen molar-refractivity contribution in [3.63, 3.8) is 0 Å². The summed E-state index contributed by atoms with van der Waals surface area (Å²) < 4.78 is 0. The Morgan fingerprint density at radius 3 is 2.58 bits per heavy atom. The Balaban J connectivity index is 2.17. The summed E-state index contributed by atoms with van der Waals surface area (Å²) in [6.07, 6.45) is 0.564. The normalized spacial score (nSPS) is 19.0. The number of rotatable bonds is 2. The van der Waals surface area contributed by atoms with Crippen LogP contribution in [0.5, 0.6) is 0 Å². The molecule has 1 unspecified atom stereocenters. The number of β-amino-alcohol motifs (C(OH)–C–C–N with tert-alkyl or cyclic N) is 1. The number of hydrogen-bond donors (Lipinski definition) is 3. The van der Waals surface area contributed by atoms with Gasteiger partial charge in [-0.25, -0.2) is 0 Å². The Morgan fingerprint density at radius 2 is 1.95 bits per heavy atom. The summed E-state index contributed by atoms with van der Waals surface area (Å²) in [7, 11) is 0. The summed E-state index contributed by atoms with van der Waals surface area (Å²) in [4.78, 5) is 2.19. The van der Waals surface area contributed by atoms with E-state index in [1.807, 2.05) is 36.4 Å². The molecular formula is C15H17N3O. The van der Waals surface area contributed by atoms with Crippen LogP contribution in [0.25, 0.3) is 10.8 Å². The molecule has 1 heterocycles. The lowest BCUT2D eigenvalue weighted by molar-refractivity contribution is 0.198. The lowest BCUT2D eigenvalue weighted by Gasteiger charge is -2.21. The number of nitrogens with zero attached hydrogens (tertiary/aromatic N) is 1. The molecule has 0 bridgehead atoms. The van der Waals surface area contributed by atoms with E-state index in [0.29, 0.717) is 6.54 Å². The molecule has 0 aromatic heterocycles. The van der Waals surface area contributed by atoms with Gasteiger partial charge in [-0.2, -0.15) is 0 Å². The van der Waals surface area contributed by atoms with E-state index in [9.17, 15) is 5.11 Å². The van der Waals surface area contributed by atoms with Crippen LogP contribution in [0, 0.1) is 5.41 Å². The zero-order valence-corrected chi connectivity index (χ0v) is 10.6. The van der Waals surface area contributed by atoms with Crippen molar-refractivity contribution in [2.75, 3.05) is 18.0 Å². The Hall–Kier alpha value is -2.07. The number of aliphatic hydroxyl groups is 1. The highest BCUT2D eigenvalue weighted by atomic mass is 16.3. The summed E-state index contributed by atoms with van der Waals surface area (Å²) in [5, 5.41) is 19.4. The molecule has 1 atom stereocenters. The molecule has 0 aliphatic carbocycles. The fourth-order valence-electron chi connectivity index (χ4n) is 2.75. The molecular weight excluding hydrogens is 238 g/mol. The van der Waals surface area contributed by atoms with E-state index in [0.717, 1.165) is 35.0 Å². The van der Waals surface area contributed by atoms with E-state index < -0.39 is 0 Å². The monoisotopic (exact) mass is 255 g/mol. The third-order valence-corrected chi connectivity index (χ3v) is 3.70. The molecule has 0 saturated carbocycles. The molecule has 1 fully saturated rings. The first kappa shape index (κ1) is 12.0. The van der Waals surface area contributed by atoms with Crippen LogP contribution in [-0.4, -0.2) is 30.1 Å². The predicted octanol–water partition coefficient (Wildman–Crippen LogP) is 1.69. The van der Waals surface area contributed by atoms with Crippen LogP contribution in [0.3, 0.4) is 0 Å². The first-order chi connectivity index (χ1) is 9.16. The van der Waals surface area contributed by atoms with Crippen LogP contribution in [-0.2, 0) is 0 Å². The summed E-state index contributed by atoms with van der Waals surface area (Å²) in [5.74, 6) is 0.0872. The quantitative estimate of drug-likeness (QED) is 0.565. The number of amidine groups is 1. The number of nitrogen functional groups attached to an aromatic ring is 1. The molecule has 4 nitrogen and oxygen atoms in total. The Morgan fingerprint density at radius 1 is 1.21 bits per heavy atom. The lowest BCUT2D eigenvalue weighted by atomic mass is 10.0. The van der Waals surface area contributed by atoms with Crippen molar-refractivity contribution < 1.29 is 5.11 Å². The van der Waals surface area contributed by atoms with Gasteiger partial charge in [0, 0.05) is 29.7 Å². The molecule has 4 N–H and O–H groups in total. The summed E-state index contributed by atoms with van der Waals surface area (Å²) in [6, 6.07) is 11.9. The molecule has 1 saturated heterocycles. The smallest absolute Gasteiger partial charge is 0.123 e. The van der Waals surface area contributed by atoms with Gasteiger partial charge in [-0.05, 0) is 23.9 Å². The predicted molar refractivity (Wildman–Crippen MR) is 77.8 cm³/mol. The highest BCUT2D eigenvalue weighted by Crippen LogP contribution is 2.31. The number of nitrogens with one attached hydrogen (secondary N) is 1. The van der Waals surface area contributed by atoms with Gasteiger partial charge in [0.1, 0.15) is 5.84 Å². The minimum atomic E-state index is -0.244. The van der Waals surface area contributed by atoms with Crippen LogP contribution < -0.4 is 10.6 Å². The van der Waals surface area contributed by atoms with Gasteiger partial charge in [-0.3, -0.25) is 5.41 Å². The van der Waals surface area contributed by atoms with E-state index in [4.69, 9.17) is 11.1 Å². The summed E-state index contributed by atoms with van der Waals surface area (Å²) in [5.41, 5.74) is 7.51. The topological polar surface area (TPSA) is 73.3 Å². The second-order valence-corrected chi connectivity index (χ2v) is 4.98. The maximum atomic E-state index is 9.68. The van der Waals surface area contributed by atoms with Crippen molar-refractivity contribution in [2.24, 2.45) is 5.73 Å². The zero-order chi connectivity index (χ0) is 13.4. The van der Waals surface area contributed by atoms with Gasteiger partial charge in [-0.1, -0.05) is 24.3 Å². The summed E-state index contributed by atoms with van der Waals surface area (Å²) >= 11 is 0. The van der Waals surface area contributed by atoms with Crippen molar-refractivity contribution in [1.82, 2.24) is 0 Å². The lowest BCUT2D eigenvalue weighted by Crippen LogP contribution is -2.21. The van der Waals surface area contributed by atoms with Gasteiger partial charge in [0.15, 0.2) is 0 Å². The van der Waals surface area contributed by atoms with Crippen LogP contribution in [0.4, 0.5) is 5.69 Å². The van der Waals surface area contributed by atoms with Crippen molar-refractivity contribution in [3.8, 4) is 0 Å². The SMILES string of the molecule is N=C(N)c1ccc(N2CCC(O)C2)c2ccccc12. The number of aliphatic hydroxyl groups excluding tert-OH is 1. The van der Waals surface area contributed by atoms with Crippen LogP contribution in [0.15, 0.2) is 36.4 Å². The minimum absolute atomic E-state index is 0.0872. The maximum Gasteiger partial charge on any atom is 0.123 e. The van der Waals surface area contributed by atoms with Crippen LogP contribution in [0.1, 0.15) is 12.0 Å². The molecule has 1 aliphatic rings. The van der Waals surface area contributed by atoms with E-state index >= 15 is 0 Å². The molecule has 1 aliphatic heterocycles. The number of hydrogen-bond acceptors (Lipinski definition) is 3. The first-order valence-corrected chi connectivity index (χ1v) is 6.46. The number of benzene rings is 2. The van der Waals surface area contributed by atoms with Gasteiger partial charge in [0.05, 0.1) is 6.10 Å². The molecule has 2 aromatic carbocycles. The standard InChI is InChI=1S/C15H17N3O/c16-15(17)13-5-6-14(18-8-7-10(19)9-18)12-4-2-1-3-11(12)13/h1-6,10,19H,7-9H2,(H3,16,17). The Labute approximate surface area is 112 Å². The fraction of sp³-hybridized carbons (Fsp3) is 0.267. The molecule has 0 radical (unpaired) electrons. The third kappa shape index (κ3) is 2.04. The molecule has 2 aromatic rings. The van der Waals surface area contributed by atoms with E-state index in [1.54, 1.807) is 0 Å². The highest BCUT2D eigenvalue weighted by molar-refractivity contribution is 6.10. The first-order valence-electron chi connectivity index (χ1n) is 6.46. The number of nitrogens with two attached hydrogens (primary N) is 1. The molecule has 0 spiro atoms. The second-order valence-electron chi connectivity index (χ2n) is 4.98. The molecule has 0 amide bonds. The van der Waals surface area contributed by atoms with E-state index in [2.05, 4.69) is 4.90 Å². The fourth-order valence-corrected chi connectivity index (χ4v) is 2.75. The van der Waals surface area contributed by atoms with Gasteiger partial charge in [0.2, 0.25) is 0 Å². The van der Waals surface area contributed by atoms with Gasteiger partial charge in [0.25, 0.3) is 0 Å². The third-order valence-electron chi connectivity index (χ3n) is 3.70. The Bertz CT molecular complexity index is 638. The molecule has 3 rings (SSSR count). The molecule has 4 heteroatoms. The largest absolute Gasteiger partial charge is 0.391 e. The van der Waals surface area contributed by atoms with Crippen molar-refractivity contribution in [2.45, 2.75) is 12.5 Å².